The molecule has 7 nitrogen and oxygen atoms in total. The lowest BCUT2D eigenvalue weighted by molar-refractivity contribution is 0.0698. The second kappa shape index (κ2) is 4.78. The molecule has 0 fully saturated rings. The van der Waals surface area contributed by atoms with E-state index in [1.54, 1.807) is 19.4 Å². The summed E-state index contributed by atoms with van der Waals surface area (Å²) in [4.78, 5) is 15.3. The number of benzene rings is 1. The number of aromatic carboxylic acids is 1. The fraction of sp³-hybridized carbons (Fsp3) is 0.0714. The summed E-state index contributed by atoms with van der Waals surface area (Å²) < 4.78 is 6.54. The number of anilines is 1. The Morgan fingerprint density at radius 3 is 2.86 bits per heavy atom. The van der Waals surface area contributed by atoms with Crippen LogP contribution in [0.5, 0.6) is 5.75 Å². The van der Waals surface area contributed by atoms with Crippen LogP contribution >= 0.6 is 0 Å². The average molecular weight is 284 g/mol. The van der Waals surface area contributed by atoms with Crippen molar-refractivity contribution in [3.05, 3.63) is 42.1 Å². The lowest BCUT2D eigenvalue weighted by atomic mass is 10.1. The van der Waals surface area contributed by atoms with E-state index >= 15 is 0 Å². The number of hydrogen-bond donors (Lipinski definition) is 2. The van der Waals surface area contributed by atoms with Crippen LogP contribution in [0.1, 0.15) is 10.4 Å². The van der Waals surface area contributed by atoms with Crippen molar-refractivity contribution in [2.45, 2.75) is 0 Å². The van der Waals surface area contributed by atoms with Crippen molar-refractivity contribution in [2.24, 2.45) is 0 Å². The molecule has 0 aliphatic rings. The topological polar surface area (TPSA) is 103 Å². The highest BCUT2D eigenvalue weighted by Gasteiger charge is 2.15. The minimum absolute atomic E-state index is 0.0280. The van der Waals surface area contributed by atoms with Crippen molar-refractivity contribution in [2.75, 3.05) is 12.8 Å². The molecule has 0 aliphatic heterocycles. The summed E-state index contributed by atoms with van der Waals surface area (Å²) in [6.07, 6.45) is 1.68. The lowest BCUT2D eigenvalue weighted by Crippen LogP contribution is -2.02. The van der Waals surface area contributed by atoms with Gasteiger partial charge in [-0.25, -0.2) is 9.31 Å². The van der Waals surface area contributed by atoms with Gasteiger partial charge in [-0.3, -0.25) is 0 Å². The Bertz CT molecular complexity index is 841. The van der Waals surface area contributed by atoms with Gasteiger partial charge in [-0.2, -0.15) is 4.98 Å². The van der Waals surface area contributed by atoms with E-state index in [9.17, 15) is 9.90 Å². The van der Waals surface area contributed by atoms with Crippen molar-refractivity contribution in [3.63, 3.8) is 0 Å². The summed E-state index contributed by atoms with van der Waals surface area (Å²) in [6, 6.07) is 8.85. The first-order valence-electron chi connectivity index (χ1n) is 6.12. The molecule has 106 valence electrons. The maximum Gasteiger partial charge on any atom is 0.339 e. The smallest absolute Gasteiger partial charge is 0.339 e. The molecule has 1 aromatic carbocycles. The zero-order chi connectivity index (χ0) is 15.0. The number of pyridine rings is 1. The third-order valence-electron chi connectivity index (χ3n) is 3.08. The van der Waals surface area contributed by atoms with Crippen LogP contribution in [0.2, 0.25) is 0 Å². The van der Waals surface area contributed by atoms with E-state index < -0.39 is 5.97 Å². The van der Waals surface area contributed by atoms with Gasteiger partial charge >= 0.3 is 5.97 Å². The first-order chi connectivity index (χ1) is 10.1. The van der Waals surface area contributed by atoms with Crippen LogP contribution in [0.3, 0.4) is 0 Å². The van der Waals surface area contributed by atoms with Gasteiger partial charge in [0.15, 0.2) is 5.65 Å². The van der Waals surface area contributed by atoms with Crippen molar-refractivity contribution in [1.82, 2.24) is 14.6 Å². The van der Waals surface area contributed by atoms with E-state index in [1.165, 1.54) is 4.52 Å². The van der Waals surface area contributed by atoms with Crippen LogP contribution in [0.25, 0.3) is 16.8 Å². The summed E-state index contributed by atoms with van der Waals surface area (Å²) in [7, 11) is 1.57. The number of nitrogens with two attached hydrogens (primary N) is 1. The van der Waals surface area contributed by atoms with Gasteiger partial charge in [-0.1, -0.05) is 12.1 Å². The molecule has 2 aromatic heterocycles. The van der Waals surface area contributed by atoms with Gasteiger partial charge < -0.3 is 15.6 Å². The molecule has 7 heteroatoms. The molecule has 0 atom stereocenters. The lowest BCUT2D eigenvalue weighted by Gasteiger charge is -2.06. The number of carbonyl (C=O) groups is 1. The summed E-state index contributed by atoms with van der Waals surface area (Å²) in [5, 5.41) is 13.3. The van der Waals surface area contributed by atoms with Crippen molar-refractivity contribution in [3.8, 4) is 16.9 Å². The fourth-order valence-corrected chi connectivity index (χ4v) is 2.12. The van der Waals surface area contributed by atoms with Gasteiger partial charge in [0, 0.05) is 11.8 Å². The number of hydrogen-bond acceptors (Lipinski definition) is 5. The third kappa shape index (κ3) is 2.25. The number of nitrogen functional groups attached to an aromatic ring is 1. The molecule has 2 heterocycles. The molecule has 0 saturated heterocycles. The number of carboxylic acid groups (broad SMARTS) is 1. The molecule has 3 aromatic rings. The van der Waals surface area contributed by atoms with Gasteiger partial charge in [0.25, 0.3) is 0 Å². The maximum atomic E-state index is 11.4. The highest BCUT2D eigenvalue weighted by Crippen LogP contribution is 2.26. The van der Waals surface area contributed by atoms with Gasteiger partial charge in [-0.05, 0) is 23.8 Å². The molecule has 3 rings (SSSR count). The van der Waals surface area contributed by atoms with Crippen LogP contribution in [-0.4, -0.2) is 32.8 Å². The summed E-state index contributed by atoms with van der Waals surface area (Å²) in [5.41, 5.74) is 7.29. The van der Waals surface area contributed by atoms with Crippen molar-refractivity contribution < 1.29 is 14.6 Å². The number of carboxylic acids is 1. The van der Waals surface area contributed by atoms with Crippen LogP contribution < -0.4 is 10.5 Å². The molecule has 0 spiro atoms. The fourth-order valence-electron chi connectivity index (χ4n) is 2.12. The van der Waals surface area contributed by atoms with E-state index in [1.807, 2.05) is 24.3 Å². The maximum absolute atomic E-state index is 11.4. The van der Waals surface area contributed by atoms with Crippen LogP contribution in [-0.2, 0) is 0 Å². The predicted molar refractivity (Wildman–Crippen MR) is 76.3 cm³/mol. The molecule has 0 aliphatic carbocycles. The Morgan fingerprint density at radius 2 is 2.14 bits per heavy atom. The van der Waals surface area contributed by atoms with E-state index in [0.29, 0.717) is 11.3 Å². The quantitative estimate of drug-likeness (QED) is 0.758. The number of fused-ring (bicyclic) bond motifs is 1. The van der Waals surface area contributed by atoms with Gasteiger partial charge in [0.1, 0.15) is 11.3 Å². The Morgan fingerprint density at radius 1 is 1.33 bits per heavy atom. The zero-order valence-electron chi connectivity index (χ0n) is 11.1. The Hall–Kier alpha value is -3.09. The van der Waals surface area contributed by atoms with Crippen molar-refractivity contribution in [1.29, 1.82) is 0 Å². The molecule has 0 amide bonds. The number of rotatable bonds is 3. The molecule has 0 unspecified atom stereocenters. The monoisotopic (exact) mass is 284 g/mol. The first kappa shape index (κ1) is 12.9. The van der Waals surface area contributed by atoms with Crippen LogP contribution in [0.4, 0.5) is 5.95 Å². The van der Waals surface area contributed by atoms with Gasteiger partial charge in [-0.15, -0.1) is 5.10 Å². The van der Waals surface area contributed by atoms with E-state index in [-0.39, 0.29) is 17.2 Å². The Labute approximate surface area is 119 Å². The minimum Gasteiger partial charge on any atom is -0.497 e. The second-order valence-electron chi connectivity index (χ2n) is 4.42. The molecule has 21 heavy (non-hydrogen) atoms. The third-order valence-corrected chi connectivity index (χ3v) is 3.08. The molecule has 0 radical (unpaired) electrons. The molecular formula is C14H12N4O3. The van der Waals surface area contributed by atoms with Gasteiger partial charge in [0.2, 0.25) is 5.95 Å². The number of aromatic nitrogens is 3. The van der Waals surface area contributed by atoms with E-state index in [0.717, 1.165) is 5.56 Å². The molecule has 0 saturated carbocycles. The highest BCUT2D eigenvalue weighted by atomic mass is 16.5. The zero-order valence-corrected chi connectivity index (χ0v) is 11.1. The second-order valence-corrected chi connectivity index (χ2v) is 4.42. The van der Waals surface area contributed by atoms with E-state index in [2.05, 4.69) is 10.1 Å². The van der Waals surface area contributed by atoms with Crippen LogP contribution in [0.15, 0.2) is 36.5 Å². The number of nitrogens with zero attached hydrogens (tertiary/aromatic N) is 3. The predicted octanol–water partition coefficient (Wildman–Crippen LogP) is 1.69. The average Bonchev–Trinajstić information content (AvgIpc) is 2.86. The number of ether oxygens (including phenoxy) is 1. The van der Waals surface area contributed by atoms with Crippen LogP contribution in [0, 0.1) is 0 Å². The van der Waals surface area contributed by atoms with Gasteiger partial charge in [0.05, 0.1) is 7.11 Å². The Kier molecular flexibility index (Phi) is 2.94. The molecule has 3 N–H and O–H groups in total. The summed E-state index contributed by atoms with van der Waals surface area (Å²) in [5.74, 6) is -0.375. The largest absolute Gasteiger partial charge is 0.497 e. The highest BCUT2D eigenvalue weighted by molar-refractivity contribution is 5.96. The molecule has 0 bridgehead atoms. The number of methoxy groups -OCH3 is 1. The Balaban J connectivity index is 2.25. The van der Waals surface area contributed by atoms with Crippen molar-refractivity contribution >= 4 is 17.6 Å². The normalized spacial score (nSPS) is 10.7. The first-order valence-corrected chi connectivity index (χ1v) is 6.12. The minimum atomic E-state index is -1.09. The molecular weight excluding hydrogens is 272 g/mol. The standard InChI is InChI=1S/C14H12N4O3/c1-21-10-4-2-3-8(5-10)9-6-11(13(19)20)12-16-14(15)17-18(12)7-9/h2-7H,1H3,(H2,15,17)(H,19,20). The SMILES string of the molecule is COc1cccc(-c2cc(C(=O)O)c3nc(N)nn3c2)c1. The summed E-state index contributed by atoms with van der Waals surface area (Å²) in [6.45, 7) is 0. The summed E-state index contributed by atoms with van der Waals surface area (Å²) >= 11 is 0. The van der Waals surface area contributed by atoms with E-state index in [4.69, 9.17) is 10.5 Å².